The number of hydrogen-bond donors (Lipinski definition) is 3. The van der Waals surface area contributed by atoms with Gasteiger partial charge in [-0.1, -0.05) is 602 Å². The van der Waals surface area contributed by atoms with Gasteiger partial charge in [0.2, 0.25) is 12.6 Å². The standard InChI is InChI=1S/C132H244O16/c1-18-23-28-33-38-43-48-53-58-60-64-69-74-79-84-89-94-109(9)99-113(13)103-117(17)130(140)147-125-122(136)123(145-128(138)115(15)101-111(11)97-107(7)92-87-82-77-72-67-62-56-51-46-41-36-31-26-21-4)118(104-133)142-131(125)148-132-126(144-120(134)95-90-85-80-75-70-65-59-54-49-44-39-34-29-24-19-2)124(146-129(139)116(16)102-112(12)98-108(8)93-88-83-78-73-68-63-57-52-47-42-37-32-27-22-5)121(135)119(143-132)105-141-127(137)114(14)100-110(10)96-106(6)91-86-81-76-71-66-61-55-50-45-40-35-30-25-20-3/h100-103,106-113,118-119,121-126,131-133,135-136H,18-99,104-105H2,1-17H3/b114-100+,115-101+,116-102+,117-103+/t106-,107-,108-,109-,110-,111-,112-,113-,118?,119?,121+,122?,123+,124?,125-,126+,131+,132+/m0/s1. The second-order valence-electron chi connectivity index (χ2n) is 48.2. The first-order chi connectivity index (χ1) is 71.7. The predicted octanol–water partition coefficient (Wildman–Crippen LogP) is 38.3. The summed E-state index contributed by atoms with van der Waals surface area (Å²) in [6.45, 7) is 34.2. The van der Waals surface area contributed by atoms with Crippen molar-refractivity contribution in [3.63, 3.8) is 0 Å². The van der Waals surface area contributed by atoms with Crippen molar-refractivity contribution < 1.29 is 77.2 Å². The van der Waals surface area contributed by atoms with Gasteiger partial charge in [-0.3, -0.25) is 4.79 Å². The molecule has 0 bridgehead atoms. The van der Waals surface area contributed by atoms with E-state index in [2.05, 4.69) is 90.0 Å². The van der Waals surface area contributed by atoms with Crippen LogP contribution < -0.4 is 0 Å². The number of allylic oxidation sites excluding steroid dienone is 4. The summed E-state index contributed by atoms with van der Waals surface area (Å²) < 4.78 is 52.3. The fraction of sp³-hybridized carbons (Fsp3) is 0.902. The first kappa shape index (κ1) is 140. The Bertz CT molecular complexity index is 3230. The van der Waals surface area contributed by atoms with Gasteiger partial charge in [0.15, 0.2) is 24.4 Å². The van der Waals surface area contributed by atoms with Crippen molar-refractivity contribution in [2.45, 2.75) is 706 Å². The van der Waals surface area contributed by atoms with E-state index in [-0.39, 0.29) is 41.2 Å². The normalized spacial score (nSPS) is 20.2. The van der Waals surface area contributed by atoms with Crippen molar-refractivity contribution in [1.29, 1.82) is 0 Å². The zero-order valence-corrected chi connectivity index (χ0v) is 100. The number of aliphatic hydroxyl groups is 3. The number of hydrogen-bond acceptors (Lipinski definition) is 16. The molecule has 0 aromatic rings. The minimum atomic E-state index is -1.92. The molecule has 0 aromatic heterocycles. The Labute approximate surface area is 914 Å². The van der Waals surface area contributed by atoms with Crippen LogP contribution in [0.3, 0.4) is 0 Å². The lowest BCUT2D eigenvalue weighted by molar-refractivity contribution is -0.377. The molecule has 2 saturated heterocycles. The van der Waals surface area contributed by atoms with Crippen LogP contribution in [0.15, 0.2) is 46.6 Å². The Morgan fingerprint density at radius 2 is 0.459 bits per heavy atom. The maximum absolute atomic E-state index is 15.1. The Morgan fingerprint density at radius 1 is 0.250 bits per heavy atom. The van der Waals surface area contributed by atoms with Gasteiger partial charge in [0, 0.05) is 28.7 Å². The number of rotatable bonds is 103. The van der Waals surface area contributed by atoms with Gasteiger partial charge in [-0.15, -0.1) is 0 Å². The van der Waals surface area contributed by atoms with Crippen molar-refractivity contribution in [3.05, 3.63) is 46.6 Å². The minimum Gasteiger partial charge on any atom is -0.459 e. The highest BCUT2D eigenvalue weighted by Crippen LogP contribution is 2.37. The van der Waals surface area contributed by atoms with Gasteiger partial charge in [0.25, 0.3) is 0 Å². The second kappa shape index (κ2) is 96.4. The molecule has 0 amide bonds. The average Bonchev–Trinajstić information content (AvgIpc) is 0.767. The zero-order chi connectivity index (χ0) is 108. The fourth-order valence-electron chi connectivity index (χ4n) is 23.1. The molecule has 2 heterocycles. The second-order valence-corrected chi connectivity index (χ2v) is 48.2. The molecule has 2 aliphatic heterocycles. The molecular weight excluding hydrogens is 1840 g/mol. The summed E-state index contributed by atoms with van der Waals surface area (Å²) >= 11 is 0. The van der Waals surface area contributed by atoms with Crippen LogP contribution in [0, 0.1) is 47.3 Å². The molecule has 868 valence electrons. The third kappa shape index (κ3) is 75.1. The number of carbonyl (C=O) groups is 5. The average molecular weight is 2090 g/mol. The van der Waals surface area contributed by atoms with Gasteiger partial charge < -0.3 is 53.2 Å². The molecular formula is C132H244O16. The minimum absolute atomic E-state index is 0.00138. The molecule has 148 heavy (non-hydrogen) atoms. The monoisotopic (exact) mass is 2090 g/mol. The summed E-state index contributed by atoms with van der Waals surface area (Å²) in [6, 6.07) is 0. The number of unbranched alkanes of at least 4 members (excludes halogenated alkanes) is 68. The zero-order valence-electron chi connectivity index (χ0n) is 100. The molecule has 0 saturated carbocycles. The van der Waals surface area contributed by atoms with Gasteiger partial charge in [0.05, 0.1) is 6.61 Å². The summed E-state index contributed by atoms with van der Waals surface area (Å²) in [5.74, 6) is -2.16. The number of carbonyl (C=O) groups excluding carboxylic acids is 5. The maximum atomic E-state index is 15.1. The van der Waals surface area contributed by atoms with Crippen LogP contribution in [-0.4, -0.2) is 120 Å². The molecule has 4 unspecified atom stereocenters. The quantitative estimate of drug-likeness (QED) is 0.0223. The summed E-state index contributed by atoms with van der Waals surface area (Å²) in [5.41, 5.74) is 1.18. The van der Waals surface area contributed by atoms with Crippen molar-refractivity contribution in [1.82, 2.24) is 0 Å². The lowest BCUT2D eigenvalue weighted by Crippen LogP contribution is -2.66. The highest BCUT2D eigenvalue weighted by molar-refractivity contribution is 5.89. The summed E-state index contributed by atoms with van der Waals surface area (Å²) in [7, 11) is 0. The Balaban J connectivity index is 2.71. The summed E-state index contributed by atoms with van der Waals surface area (Å²) in [4.78, 5) is 74.2. The van der Waals surface area contributed by atoms with E-state index >= 15 is 9.59 Å². The van der Waals surface area contributed by atoms with Crippen LogP contribution in [0.4, 0.5) is 0 Å². The largest absolute Gasteiger partial charge is 0.459 e. The molecule has 16 heteroatoms. The third-order valence-electron chi connectivity index (χ3n) is 32.3. The van der Waals surface area contributed by atoms with E-state index in [4.69, 9.17) is 37.9 Å². The van der Waals surface area contributed by atoms with Crippen LogP contribution in [-0.2, 0) is 61.9 Å². The van der Waals surface area contributed by atoms with E-state index in [1.165, 1.54) is 411 Å². The number of esters is 5. The molecule has 0 radical (unpaired) electrons. The van der Waals surface area contributed by atoms with Crippen LogP contribution >= 0.6 is 0 Å². The molecule has 2 aliphatic rings. The SMILES string of the molecule is CCCCCCCCCCCCCCCCCC[C@H](C)C[C@H](C)/C=C(\C)C(=O)O[C@H]1C(O)[C@H](OC(=O)/C(C)=C/[C@@H](C)C[C@@H](C)CCCCCCCCCCCCCCCC)C(CO)O[C@@H]1O[C@H]1OC(COC(=O)/C(C)=C/[C@@H](C)C[C@@H](C)CCCCCCCCCCCCCCCC)[C@@H](O)C(OC(=O)/C(C)=C/[C@@H](C)C[C@@H](C)CCCCCCCCCCCCCCCC)[C@H]1OC(=O)CCCCCCCCCCCCCCCCC. The molecule has 3 N–H and O–H groups in total. The molecule has 0 aromatic carbocycles. The first-order valence-electron chi connectivity index (χ1n) is 64.4. The van der Waals surface area contributed by atoms with Crippen LogP contribution in [0.2, 0.25) is 0 Å². The van der Waals surface area contributed by atoms with Crippen molar-refractivity contribution in [2.75, 3.05) is 13.2 Å². The summed E-state index contributed by atoms with van der Waals surface area (Å²) in [5, 5.41) is 37.6. The fourth-order valence-corrected chi connectivity index (χ4v) is 23.1. The Kier molecular flexibility index (Phi) is 91.3. The van der Waals surface area contributed by atoms with Gasteiger partial charge in [-0.2, -0.15) is 0 Å². The topological polar surface area (TPSA) is 220 Å². The lowest BCUT2D eigenvalue weighted by atomic mass is 9.91. The van der Waals surface area contributed by atoms with Crippen molar-refractivity contribution >= 4 is 29.8 Å². The van der Waals surface area contributed by atoms with E-state index in [1.807, 2.05) is 24.3 Å². The molecule has 16 nitrogen and oxygen atoms in total. The Morgan fingerprint density at radius 3 is 0.709 bits per heavy atom. The Hall–Kier alpha value is -3.93. The van der Waals surface area contributed by atoms with Gasteiger partial charge >= 0.3 is 29.8 Å². The number of ether oxygens (including phenoxy) is 8. The van der Waals surface area contributed by atoms with E-state index < -0.39 is 104 Å². The molecule has 2 rings (SSSR count). The third-order valence-corrected chi connectivity index (χ3v) is 32.3. The van der Waals surface area contributed by atoms with Gasteiger partial charge in [-0.25, -0.2) is 19.2 Å². The highest BCUT2D eigenvalue weighted by Gasteiger charge is 2.56. The molecule has 0 aliphatic carbocycles. The lowest BCUT2D eigenvalue weighted by Gasteiger charge is -2.47. The van der Waals surface area contributed by atoms with Gasteiger partial charge in [0.1, 0.15) is 31.0 Å². The maximum Gasteiger partial charge on any atom is 0.333 e. The highest BCUT2D eigenvalue weighted by atomic mass is 16.8. The van der Waals surface area contributed by atoms with Crippen LogP contribution in [0.25, 0.3) is 0 Å². The van der Waals surface area contributed by atoms with E-state index in [9.17, 15) is 29.7 Å². The number of aliphatic hydroxyl groups excluding tert-OH is 3. The first-order valence-corrected chi connectivity index (χ1v) is 64.4. The van der Waals surface area contributed by atoms with Crippen molar-refractivity contribution in [2.24, 2.45) is 47.3 Å². The van der Waals surface area contributed by atoms with E-state index in [0.29, 0.717) is 41.2 Å². The smallest absolute Gasteiger partial charge is 0.333 e. The van der Waals surface area contributed by atoms with Crippen LogP contribution in [0.5, 0.6) is 0 Å². The van der Waals surface area contributed by atoms with Gasteiger partial charge in [-0.05, 0) is 107 Å². The van der Waals surface area contributed by atoms with E-state index in [1.54, 1.807) is 27.7 Å². The van der Waals surface area contributed by atoms with Crippen LogP contribution in [0.1, 0.15) is 644 Å². The predicted molar refractivity (Wildman–Crippen MR) is 623 cm³/mol. The van der Waals surface area contributed by atoms with E-state index in [0.717, 1.165) is 103 Å². The molecule has 18 atom stereocenters. The summed E-state index contributed by atoms with van der Waals surface area (Å²) in [6.07, 6.45) is 90.8. The molecule has 2 fully saturated rings. The van der Waals surface area contributed by atoms with Crippen molar-refractivity contribution in [3.8, 4) is 0 Å². The molecule has 0 spiro atoms.